The van der Waals surface area contributed by atoms with Crippen LogP contribution in [0.3, 0.4) is 0 Å². The van der Waals surface area contributed by atoms with E-state index in [1.165, 1.54) is 0 Å². The Hall–Kier alpha value is -1.35. The van der Waals surface area contributed by atoms with Gasteiger partial charge >= 0.3 is 0 Å². The van der Waals surface area contributed by atoms with Crippen LogP contribution < -0.4 is 10.2 Å². The lowest BCUT2D eigenvalue weighted by Gasteiger charge is -2.42. The van der Waals surface area contributed by atoms with Gasteiger partial charge in [-0.3, -0.25) is 0 Å². The van der Waals surface area contributed by atoms with E-state index in [2.05, 4.69) is 30.6 Å². The maximum atomic E-state index is 13.5. The summed E-state index contributed by atoms with van der Waals surface area (Å²) < 4.78 is 13.5. The molecule has 1 N–H and O–H groups in total. The molecule has 1 saturated heterocycles. The van der Waals surface area contributed by atoms with Crippen LogP contribution in [-0.2, 0) is 6.42 Å². The first-order valence-corrected chi connectivity index (χ1v) is 6.46. The summed E-state index contributed by atoms with van der Waals surface area (Å²) in [5.74, 6) is -0.124. The monoisotopic (exact) mass is 248 g/mol. The van der Waals surface area contributed by atoms with Crippen molar-refractivity contribution in [2.24, 2.45) is 0 Å². The Morgan fingerprint density at radius 1 is 1.44 bits per heavy atom. The lowest BCUT2D eigenvalue weighted by molar-refractivity contribution is 0.409. The van der Waals surface area contributed by atoms with Crippen LogP contribution in [0.2, 0.25) is 0 Å². The van der Waals surface area contributed by atoms with Gasteiger partial charge in [-0.25, -0.2) is 4.39 Å². The first kappa shape index (κ1) is 13.1. The van der Waals surface area contributed by atoms with Crippen LogP contribution >= 0.6 is 0 Å². The Balaban J connectivity index is 2.34. The van der Waals surface area contributed by atoms with Crippen molar-refractivity contribution in [3.05, 3.63) is 41.9 Å². The van der Waals surface area contributed by atoms with Crippen molar-refractivity contribution in [2.75, 3.05) is 18.0 Å². The van der Waals surface area contributed by atoms with E-state index in [1.54, 1.807) is 6.07 Å². The fourth-order valence-corrected chi connectivity index (χ4v) is 2.34. The largest absolute Gasteiger partial charge is 0.343 e. The Morgan fingerprint density at radius 3 is 2.83 bits per heavy atom. The lowest BCUT2D eigenvalue weighted by Crippen LogP contribution is -2.54. The molecule has 0 unspecified atom stereocenters. The Bertz CT molecular complexity index is 466. The van der Waals surface area contributed by atoms with Crippen LogP contribution in [0.4, 0.5) is 10.1 Å². The van der Waals surface area contributed by atoms with Crippen LogP contribution in [0.15, 0.2) is 30.5 Å². The van der Waals surface area contributed by atoms with Gasteiger partial charge in [-0.1, -0.05) is 13.5 Å². The summed E-state index contributed by atoms with van der Waals surface area (Å²) in [5.41, 5.74) is 2.71. The summed E-state index contributed by atoms with van der Waals surface area (Å²) in [7, 11) is 0. The van der Waals surface area contributed by atoms with E-state index < -0.39 is 0 Å². The first-order chi connectivity index (χ1) is 8.45. The molecular weight excluding hydrogens is 227 g/mol. The number of halogens is 1. The van der Waals surface area contributed by atoms with Crippen LogP contribution in [-0.4, -0.2) is 18.6 Å². The minimum Gasteiger partial charge on any atom is -0.343 e. The molecule has 0 bridgehead atoms. The molecule has 1 aliphatic rings. The van der Waals surface area contributed by atoms with Gasteiger partial charge in [-0.2, -0.15) is 0 Å². The van der Waals surface area contributed by atoms with E-state index in [0.717, 1.165) is 30.0 Å². The van der Waals surface area contributed by atoms with E-state index in [1.807, 2.05) is 19.1 Å². The van der Waals surface area contributed by atoms with E-state index in [-0.39, 0.29) is 11.4 Å². The zero-order valence-corrected chi connectivity index (χ0v) is 11.4. The van der Waals surface area contributed by atoms with Crippen molar-refractivity contribution in [3.63, 3.8) is 0 Å². The minimum absolute atomic E-state index is 0.112. The van der Waals surface area contributed by atoms with Gasteiger partial charge in [-0.05, 0) is 44.0 Å². The molecule has 0 spiro atoms. The third kappa shape index (κ3) is 2.27. The fraction of sp³-hybridized carbons (Fsp3) is 0.467. The van der Waals surface area contributed by atoms with Crippen LogP contribution in [0.25, 0.3) is 0 Å². The first-order valence-electron chi connectivity index (χ1n) is 6.46. The number of benzene rings is 1. The fourth-order valence-electron chi connectivity index (χ4n) is 2.34. The predicted octanol–water partition coefficient (Wildman–Crippen LogP) is 3.09. The molecule has 0 aliphatic carbocycles. The quantitative estimate of drug-likeness (QED) is 0.865. The highest BCUT2D eigenvalue weighted by Crippen LogP contribution is 2.29. The Labute approximate surface area is 108 Å². The van der Waals surface area contributed by atoms with Crippen LogP contribution in [0, 0.1) is 5.82 Å². The highest BCUT2D eigenvalue weighted by molar-refractivity contribution is 5.56. The van der Waals surface area contributed by atoms with E-state index in [0.29, 0.717) is 6.42 Å². The van der Waals surface area contributed by atoms with E-state index >= 15 is 0 Å². The number of nitrogens with zero attached hydrogens (tertiary/aromatic N) is 1. The third-order valence-electron chi connectivity index (χ3n) is 3.67. The molecule has 1 aromatic carbocycles. The van der Waals surface area contributed by atoms with E-state index in [9.17, 15) is 4.39 Å². The van der Waals surface area contributed by atoms with Gasteiger partial charge in [0.1, 0.15) is 5.82 Å². The predicted molar refractivity (Wildman–Crippen MR) is 74.3 cm³/mol. The van der Waals surface area contributed by atoms with Crippen molar-refractivity contribution in [3.8, 4) is 0 Å². The third-order valence-corrected chi connectivity index (χ3v) is 3.67. The SMILES string of the molecule is C=C1N(c2ccc(F)c(CC)c2)CCNC1(C)C. The number of anilines is 1. The molecule has 18 heavy (non-hydrogen) atoms. The molecule has 1 heterocycles. The smallest absolute Gasteiger partial charge is 0.126 e. The molecule has 2 nitrogen and oxygen atoms in total. The highest BCUT2D eigenvalue weighted by atomic mass is 19.1. The normalized spacial score (nSPS) is 19.1. The summed E-state index contributed by atoms with van der Waals surface area (Å²) in [5, 5.41) is 3.43. The number of aryl methyl sites for hydroxylation is 1. The molecular formula is C15H21FN2. The van der Waals surface area contributed by atoms with Gasteiger partial charge in [0.2, 0.25) is 0 Å². The molecule has 1 aliphatic heterocycles. The maximum Gasteiger partial charge on any atom is 0.126 e. The van der Waals surface area contributed by atoms with Crippen LogP contribution in [0.1, 0.15) is 26.3 Å². The minimum atomic E-state index is -0.124. The van der Waals surface area contributed by atoms with Gasteiger partial charge in [0.25, 0.3) is 0 Å². The molecule has 1 aromatic rings. The summed E-state index contributed by atoms with van der Waals surface area (Å²) in [6.45, 7) is 12.2. The second-order valence-corrected chi connectivity index (χ2v) is 5.28. The maximum absolute atomic E-state index is 13.5. The number of rotatable bonds is 2. The van der Waals surface area contributed by atoms with Gasteiger partial charge in [0, 0.05) is 24.5 Å². The van der Waals surface area contributed by atoms with Crippen molar-refractivity contribution >= 4 is 5.69 Å². The standard InChI is InChI=1S/C15H21FN2/c1-5-12-10-13(6-7-14(12)16)18-9-8-17-15(3,4)11(18)2/h6-7,10,17H,2,5,8-9H2,1,3-4H3. The topological polar surface area (TPSA) is 15.3 Å². The van der Waals surface area contributed by atoms with Gasteiger partial charge in [-0.15, -0.1) is 0 Å². The molecule has 3 heteroatoms. The van der Waals surface area contributed by atoms with Gasteiger partial charge in [0.15, 0.2) is 0 Å². The highest BCUT2D eigenvalue weighted by Gasteiger charge is 2.30. The molecule has 0 atom stereocenters. The van der Waals surface area contributed by atoms with Crippen molar-refractivity contribution in [1.29, 1.82) is 0 Å². The summed E-state index contributed by atoms with van der Waals surface area (Å²) in [4.78, 5) is 2.18. The number of hydrogen-bond donors (Lipinski definition) is 1. The summed E-state index contributed by atoms with van der Waals surface area (Å²) in [6.07, 6.45) is 0.710. The molecule has 98 valence electrons. The number of piperazine rings is 1. The molecule has 0 radical (unpaired) electrons. The van der Waals surface area contributed by atoms with Crippen molar-refractivity contribution < 1.29 is 4.39 Å². The number of hydrogen-bond acceptors (Lipinski definition) is 2. The Kier molecular flexibility index (Phi) is 3.44. The van der Waals surface area contributed by atoms with E-state index in [4.69, 9.17) is 0 Å². The molecule has 1 fully saturated rings. The average Bonchev–Trinajstić information content (AvgIpc) is 2.33. The Morgan fingerprint density at radius 2 is 2.17 bits per heavy atom. The molecule has 2 rings (SSSR count). The summed E-state index contributed by atoms with van der Waals surface area (Å²) in [6, 6.07) is 5.32. The number of nitrogens with one attached hydrogen (secondary N) is 1. The van der Waals surface area contributed by atoms with Crippen molar-refractivity contribution in [1.82, 2.24) is 5.32 Å². The second-order valence-electron chi connectivity index (χ2n) is 5.28. The molecule has 0 amide bonds. The molecule has 0 aromatic heterocycles. The zero-order chi connectivity index (χ0) is 13.3. The van der Waals surface area contributed by atoms with Crippen LogP contribution in [0.5, 0.6) is 0 Å². The molecule has 0 saturated carbocycles. The second kappa shape index (κ2) is 4.73. The zero-order valence-electron chi connectivity index (χ0n) is 11.4. The van der Waals surface area contributed by atoms with Gasteiger partial charge < -0.3 is 10.2 Å². The average molecular weight is 248 g/mol. The van der Waals surface area contributed by atoms with Gasteiger partial charge in [0.05, 0.1) is 5.54 Å². The lowest BCUT2D eigenvalue weighted by atomic mass is 9.96. The van der Waals surface area contributed by atoms with Crippen molar-refractivity contribution in [2.45, 2.75) is 32.7 Å². The summed E-state index contributed by atoms with van der Waals surface area (Å²) >= 11 is 0.